The van der Waals surface area contributed by atoms with Crippen LogP contribution in [0.25, 0.3) is 27.5 Å². The van der Waals surface area contributed by atoms with Crippen LogP contribution in [0.2, 0.25) is 0 Å². The first kappa shape index (κ1) is 25.3. The van der Waals surface area contributed by atoms with Crippen molar-refractivity contribution < 1.29 is 0 Å². The molecule has 10 rings (SSSR count). The molecule has 0 spiro atoms. The van der Waals surface area contributed by atoms with Gasteiger partial charge >= 0.3 is 0 Å². The predicted molar refractivity (Wildman–Crippen MR) is 191 cm³/mol. The summed E-state index contributed by atoms with van der Waals surface area (Å²) in [7, 11) is 0. The Kier molecular flexibility index (Phi) is 4.71. The molecule has 45 heavy (non-hydrogen) atoms. The van der Waals surface area contributed by atoms with E-state index >= 15 is 0 Å². The number of hydrogen-bond acceptors (Lipinski definition) is 1. The number of para-hydroxylation sites is 3. The quantitative estimate of drug-likeness (QED) is 0.192. The minimum atomic E-state index is -0.230. The number of fused-ring (bicyclic) bond motifs is 4. The molecule has 0 bridgehead atoms. The van der Waals surface area contributed by atoms with Crippen LogP contribution in [-0.2, 0) is 10.8 Å². The van der Waals surface area contributed by atoms with Gasteiger partial charge < -0.3 is 9.47 Å². The summed E-state index contributed by atoms with van der Waals surface area (Å²) < 4.78 is 2.59. The highest BCUT2D eigenvalue weighted by Gasteiger charge is 2.53. The lowest BCUT2D eigenvalue weighted by Gasteiger charge is -2.50. The Hall–Kier alpha value is -5.02. The van der Waals surface area contributed by atoms with E-state index in [2.05, 4.69) is 165 Å². The van der Waals surface area contributed by atoms with Gasteiger partial charge in [0.05, 0.1) is 5.52 Å². The first-order valence-electron chi connectivity index (χ1n) is 16.2. The van der Waals surface area contributed by atoms with E-state index in [1.165, 1.54) is 83.2 Å². The van der Waals surface area contributed by atoms with Crippen LogP contribution in [0.1, 0.15) is 49.9 Å². The van der Waals surface area contributed by atoms with Crippen LogP contribution in [0.5, 0.6) is 0 Å². The monoisotopic (exact) mass is 576 g/mol. The van der Waals surface area contributed by atoms with Crippen LogP contribution in [0.4, 0.5) is 17.1 Å². The van der Waals surface area contributed by atoms with Gasteiger partial charge in [-0.05, 0) is 75.6 Å². The fourth-order valence-corrected chi connectivity index (χ4v) is 9.36. The number of anilines is 3. The molecule has 214 valence electrons. The largest absolute Gasteiger partial charge is 0.310 e. The van der Waals surface area contributed by atoms with E-state index in [1.54, 1.807) is 0 Å². The highest BCUT2D eigenvalue weighted by atomic mass is 15.1. The van der Waals surface area contributed by atoms with E-state index in [-0.39, 0.29) is 17.5 Å². The second kappa shape index (κ2) is 8.37. The molecular weight excluding hydrogens is 543 g/mol. The molecule has 0 fully saturated rings. The number of nitrogens with zero attached hydrogens (tertiary/aromatic N) is 2. The van der Waals surface area contributed by atoms with Gasteiger partial charge in [-0.2, -0.15) is 0 Å². The zero-order chi connectivity index (χ0) is 30.2. The molecule has 0 radical (unpaired) electrons. The first-order chi connectivity index (χ1) is 21.9. The van der Waals surface area contributed by atoms with Crippen LogP contribution >= 0.6 is 0 Å². The summed E-state index contributed by atoms with van der Waals surface area (Å²) in [5.41, 5.74) is 17.6. The van der Waals surface area contributed by atoms with Crippen molar-refractivity contribution in [2.45, 2.75) is 38.5 Å². The van der Waals surface area contributed by atoms with Crippen LogP contribution in [0.15, 0.2) is 127 Å². The van der Waals surface area contributed by atoms with Gasteiger partial charge in [0.2, 0.25) is 6.71 Å². The highest BCUT2D eigenvalue weighted by molar-refractivity contribution is 7.00. The predicted octanol–water partition coefficient (Wildman–Crippen LogP) is 8.36. The molecule has 3 aliphatic rings. The lowest BCUT2D eigenvalue weighted by molar-refractivity contribution is 0.621. The molecule has 0 unspecified atom stereocenters. The standard InChI is InChI=1S/C42H33BN2/c1-41(2)31-24-25-34(44(26-14-7-5-8-15-26)27-16-9-6-10-17-27)36-38(31)43-37-30(42(36,3)4)19-13-21-35(37)45-33-20-12-11-18-28(33)29-22-23-32(41)39(43)40(29)45/h5-25H,1-4H3. The van der Waals surface area contributed by atoms with E-state index in [4.69, 9.17) is 0 Å². The second-order valence-electron chi connectivity index (χ2n) is 14.1. The molecule has 0 saturated heterocycles. The third-order valence-electron chi connectivity index (χ3n) is 11.2. The number of hydrogen-bond donors (Lipinski definition) is 0. The Balaban J connectivity index is 1.40. The minimum Gasteiger partial charge on any atom is -0.310 e. The van der Waals surface area contributed by atoms with E-state index in [0.717, 1.165) is 0 Å². The molecule has 2 nitrogen and oxygen atoms in total. The first-order valence-corrected chi connectivity index (χ1v) is 16.2. The van der Waals surface area contributed by atoms with Crippen molar-refractivity contribution in [3.63, 3.8) is 0 Å². The average Bonchev–Trinajstić information content (AvgIpc) is 3.40. The van der Waals surface area contributed by atoms with Gasteiger partial charge in [-0.1, -0.05) is 118 Å². The average molecular weight is 577 g/mol. The summed E-state index contributed by atoms with van der Waals surface area (Å²) in [5, 5.41) is 2.69. The van der Waals surface area contributed by atoms with E-state index in [9.17, 15) is 0 Å². The zero-order valence-corrected chi connectivity index (χ0v) is 26.1. The maximum atomic E-state index is 2.59. The smallest absolute Gasteiger partial charge is 0.248 e. The summed E-state index contributed by atoms with van der Waals surface area (Å²) in [6.45, 7) is 9.99. The van der Waals surface area contributed by atoms with Crippen LogP contribution in [0.3, 0.4) is 0 Å². The van der Waals surface area contributed by atoms with E-state index < -0.39 is 0 Å². The van der Waals surface area contributed by atoms with Crippen molar-refractivity contribution in [2.75, 3.05) is 4.90 Å². The van der Waals surface area contributed by atoms with Crippen LogP contribution < -0.4 is 21.3 Å². The highest BCUT2D eigenvalue weighted by Crippen LogP contribution is 2.50. The molecule has 0 saturated carbocycles. The summed E-state index contributed by atoms with van der Waals surface area (Å²) in [5.74, 6) is 0. The molecule has 0 atom stereocenters. The lowest BCUT2D eigenvalue weighted by atomic mass is 9.26. The van der Waals surface area contributed by atoms with Crippen LogP contribution in [-0.4, -0.2) is 11.3 Å². The molecular formula is C42H33BN2. The third-order valence-corrected chi connectivity index (χ3v) is 11.2. The molecule has 1 aromatic heterocycles. The Morgan fingerprint density at radius 2 is 1.13 bits per heavy atom. The summed E-state index contributed by atoms with van der Waals surface area (Å²) >= 11 is 0. The fourth-order valence-electron chi connectivity index (χ4n) is 9.36. The van der Waals surface area contributed by atoms with Gasteiger partial charge in [0, 0.05) is 49.9 Å². The third kappa shape index (κ3) is 2.97. The Labute approximate surface area is 264 Å². The molecule has 6 aromatic carbocycles. The summed E-state index contributed by atoms with van der Waals surface area (Å²) in [6, 6.07) is 47.5. The Bertz CT molecular complexity index is 2340. The van der Waals surface area contributed by atoms with Gasteiger partial charge in [0.25, 0.3) is 0 Å². The fraction of sp³-hybridized carbons (Fsp3) is 0.143. The van der Waals surface area contributed by atoms with Gasteiger partial charge in [0.1, 0.15) is 0 Å². The van der Waals surface area contributed by atoms with Crippen LogP contribution in [0, 0.1) is 0 Å². The van der Waals surface area contributed by atoms with Gasteiger partial charge in [-0.25, -0.2) is 0 Å². The summed E-state index contributed by atoms with van der Waals surface area (Å²) in [4.78, 5) is 2.48. The van der Waals surface area contributed by atoms with E-state index in [0.29, 0.717) is 0 Å². The van der Waals surface area contributed by atoms with Crippen molar-refractivity contribution in [1.82, 2.24) is 4.57 Å². The number of rotatable bonds is 3. The number of benzene rings is 6. The minimum absolute atomic E-state index is 0.145. The van der Waals surface area contributed by atoms with Crippen molar-refractivity contribution in [2.24, 2.45) is 0 Å². The summed E-state index contributed by atoms with van der Waals surface area (Å²) in [6.07, 6.45) is 0. The normalized spacial score (nSPS) is 15.9. The Morgan fingerprint density at radius 1 is 0.511 bits per heavy atom. The SMILES string of the molecule is CC1(C)c2ccc(N(c3ccccc3)c3ccccc3)c3c2B2c4c(cccc4C3(C)C)-n3c4ccccc4c4ccc1c2c43. The maximum Gasteiger partial charge on any atom is 0.248 e. The molecule has 0 N–H and O–H groups in total. The molecule has 0 amide bonds. The molecule has 7 aromatic rings. The molecule has 3 heteroatoms. The molecule has 3 aliphatic heterocycles. The molecule has 4 heterocycles. The topological polar surface area (TPSA) is 8.17 Å². The number of aromatic nitrogens is 1. The van der Waals surface area contributed by atoms with Crippen molar-refractivity contribution in [3.8, 4) is 5.69 Å². The van der Waals surface area contributed by atoms with Gasteiger partial charge in [0.15, 0.2) is 0 Å². The lowest BCUT2D eigenvalue weighted by Crippen LogP contribution is -2.68. The van der Waals surface area contributed by atoms with Crippen molar-refractivity contribution >= 4 is 62.0 Å². The zero-order valence-electron chi connectivity index (χ0n) is 26.1. The molecule has 0 aliphatic carbocycles. The van der Waals surface area contributed by atoms with Gasteiger partial charge in [-0.3, -0.25) is 0 Å². The van der Waals surface area contributed by atoms with Crippen molar-refractivity contribution in [3.05, 3.63) is 150 Å². The maximum absolute atomic E-state index is 2.59. The van der Waals surface area contributed by atoms with E-state index in [1.807, 2.05) is 0 Å². The Morgan fingerprint density at radius 3 is 1.87 bits per heavy atom. The second-order valence-corrected chi connectivity index (χ2v) is 14.1. The van der Waals surface area contributed by atoms with Gasteiger partial charge in [-0.15, -0.1) is 0 Å². The van der Waals surface area contributed by atoms with Crippen molar-refractivity contribution in [1.29, 1.82) is 0 Å².